The number of imidazole rings is 1. The van der Waals surface area contributed by atoms with Crippen molar-refractivity contribution >= 4 is 38.8 Å². The van der Waals surface area contributed by atoms with Crippen LogP contribution in [0.15, 0.2) is 53.7 Å². The van der Waals surface area contributed by atoms with Gasteiger partial charge in [0.25, 0.3) is 10.0 Å². The highest BCUT2D eigenvalue weighted by atomic mass is 35.5. The minimum Gasteiger partial charge on any atom is -0.381 e. The van der Waals surface area contributed by atoms with Gasteiger partial charge in [0.15, 0.2) is 5.82 Å². The van der Waals surface area contributed by atoms with Gasteiger partial charge in [0.2, 0.25) is 5.03 Å². The maximum Gasteiger partial charge on any atom is 0.281 e. The Morgan fingerprint density at radius 2 is 1.86 bits per heavy atom. The van der Waals surface area contributed by atoms with Crippen LogP contribution in [0.4, 0.5) is 11.5 Å². The zero-order valence-corrected chi connectivity index (χ0v) is 12.3. The van der Waals surface area contributed by atoms with Crippen molar-refractivity contribution < 1.29 is 8.42 Å². The molecule has 0 aliphatic carbocycles. The predicted molar refractivity (Wildman–Crippen MR) is 81.9 cm³/mol. The highest BCUT2D eigenvalue weighted by molar-refractivity contribution is 7.92. The molecule has 0 bridgehead atoms. The number of hydrogen-bond donors (Lipinski definition) is 2. The Hall–Kier alpha value is -2.25. The van der Waals surface area contributed by atoms with Crippen LogP contribution in [0.5, 0.6) is 0 Å². The van der Waals surface area contributed by atoms with Gasteiger partial charge in [-0.25, -0.2) is 4.98 Å². The van der Waals surface area contributed by atoms with E-state index in [9.17, 15) is 8.42 Å². The third-order valence-electron chi connectivity index (χ3n) is 2.88. The summed E-state index contributed by atoms with van der Waals surface area (Å²) in [4.78, 5) is 4.03. The Kier molecular flexibility index (Phi) is 3.23. The number of nitrogen functional groups attached to an aromatic ring is 1. The first-order chi connectivity index (χ1) is 9.99. The second kappa shape index (κ2) is 4.94. The number of pyridine rings is 1. The van der Waals surface area contributed by atoms with Crippen molar-refractivity contribution in [1.29, 1.82) is 0 Å². The molecule has 3 rings (SSSR count). The van der Waals surface area contributed by atoms with E-state index in [0.717, 1.165) is 0 Å². The predicted octanol–water partition coefficient (Wildman–Crippen LogP) is 2.37. The Balaban J connectivity index is 2.13. The van der Waals surface area contributed by atoms with Gasteiger partial charge >= 0.3 is 0 Å². The third kappa shape index (κ3) is 2.41. The van der Waals surface area contributed by atoms with Crippen LogP contribution in [0.3, 0.4) is 0 Å². The number of halogens is 1. The number of anilines is 2. The number of sulfonamides is 1. The summed E-state index contributed by atoms with van der Waals surface area (Å²) in [6.07, 6.45) is 1.58. The molecule has 0 spiro atoms. The molecule has 2 heterocycles. The van der Waals surface area contributed by atoms with Crippen molar-refractivity contribution in [1.82, 2.24) is 9.38 Å². The van der Waals surface area contributed by atoms with Gasteiger partial charge in [-0.15, -0.1) is 0 Å². The largest absolute Gasteiger partial charge is 0.381 e. The topological polar surface area (TPSA) is 89.5 Å². The van der Waals surface area contributed by atoms with Crippen LogP contribution >= 0.6 is 11.6 Å². The van der Waals surface area contributed by atoms with Crippen LogP contribution in [-0.4, -0.2) is 17.8 Å². The van der Waals surface area contributed by atoms with E-state index in [0.29, 0.717) is 10.7 Å². The second-order valence-electron chi connectivity index (χ2n) is 4.32. The minimum atomic E-state index is -3.91. The van der Waals surface area contributed by atoms with E-state index in [2.05, 4.69) is 9.71 Å². The van der Waals surface area contributed by atoms with Crippen molar-refractivity contribution in [2.45, 2.75) is 5.03 Å². The number of nitrogens with zero attached hydrogens (tertiary/aromatic N) is 2. The number of para-hydroxylation sites is 1. The Morgan fingerprint density at radius 1 is 1.14 bits per heavy atom. The number of rotatable bonds is 3. The molecule has 0 amide bonds. The second-order valence-corrected chi connectivity index (χ2v) is 6.32. The van der Waals surface area contributed by atoms with E-state index in [4.69, 9.17) is 17.3 Å². The lowest BCUT2D eigenvalue weighted by molar-refractivity contribution is 0.597. The van der Waals surface area contributed by atoms with E-state index in [1.54, 1.807) is 48.7 Å². The van der Waals surface area contributed by atoms with E-state index in [1.165, 1.54) is 4.40 Å². The molecule has 3 aromatic rings. The fourth-order valence-corrected chi connectivity index (χ4v) is 3.53. The average Bonchev–Trinajstić information content (AvgIpc) is 2.77. The number of aromatic nitrogens is 2. The number of fused-ring (bicyclic) bond motifs is 1. The van der Waals surface area contributed by atoms with Crippen molar-refractivity contribution in [3.63, 3.8) is 0 Å². The van der Waals surface area contributed by atoms with E-state index in [1.807, 2.05) is 0 Å². The third-order valence-corrected chi connectivity index (χ3v) is 4.62. The zero-order chi connectivity index (χ0) is 15.0. The van der Waals surface area contributed by atoms with Gasteiger partial charge in [0.05, 0.1) is 10.7 Å². The molecular formula is C13H11ClN4O2S. The summed E-state index contributed by atoms with van der Waals surface area (Å²) in [7, 11) is -3.91. The fraction of sp³-hybridized carbons (Fsp3) is 0. The summed E-state index contributed by atoms with van der Waals surface area (Å²) in [5.74, 6) is -0.0687. The van der Waals surface area contributed by atoms with Crippen molar-refractivity contribution in [3.05, 3.63) is 53.7 Å². The van der Waals surface area contributed by atoms with E-state index < -0.39 is 10.0 Å². The molecule has 0 saturated heterocycles. The van der Waals surface area contributed by atoms with Crippen LogP contribution in [-0.2, 0) is 10.0 Å². The molecular weight excluding hydrogens is 312 g/mol. The molecule has 0 radical (unpaired) electrons. The van der Waals surface area contributed by atoms with Crippen LogP contribution in [0.2, 0.25) is 5.02 Å². The average molecular weight is 323 g/mol. The summed E-state index contributed by atoms with van der Waals surface area (Å²) in [5, 5.41) is 0.187. The molecule has 3 N–H and O–H groups in total. The summed E-state index contributed by atoms with van der Waals surface area (Å²) in [6.45, 7) is 0. The van der Waals surface area contributed by atoms with Gasteiger partial charge in [-0.1, -0.05) is 29.8 Å². The molecule has 108 valence electrons. The molecule has 0 unspecified atom stereocenters. The maximum absolute atomic E-state index is 12.5. The first-order valence-corrected chi connectivity index (χ1v) is 7.85. The van der Waals surface area contributed by atoms with Crippen LogP contribution in [0.25, 0.3) is 5.65 Å². The van der Waals surface area contributed by atoms with Crippen LogP contribution < -0.4 is 10.5 Å². The molecule has 0 fully saturated rings. The number of benzene rings is 1. The molecule has 0 atom stereocenters. The molecule has 0 saturated carbocycles. The molecule has 0 aliphatic rings. The van der Waals surface area contributed by atoms with Gasteiger partial charge in [0, 0.05) is 6.20 Å². The van der Waals surface area contributed by atoms with Crippen LogP contribution in [0, 0.1) is 0 Å². The first-order valence-electron chi connectivity index (χ1n) is 5.99. The SMILES string of the molecule is Nc1nc2ccccn2c1S(=O)(=O)Nc1ccccc1Cl. The van der Waals surface area contributed by atoms with Crippen molar-refractivity contribution in [2.75, 3.05) is 10.5 Å². The Bertz CT molecular complexity index is 921. The molecule has 21 heavy (non-hydrogen) atoms. The smallest absolute Gasteiger partial charge is 0.281 e. The lowest BCUT2D eigenvalue weighted by Gasteiger charge is -2.09. The number of hydrogen-bond acceptors (Lipinski definition) is 4. The van der Waals surface area contributed by atoms with Crippen molar-refractivity contribution in [2.24, 2.45) is 0 Å². The van der Waals surface area contributed by atoms with Gasteiger partial charge < -0.3 is 5.73 Å². The number of nitrogens with two attached hydrogens (primary N) is 1. The monoisotopic (exact) mass is 322 g/mol. The lowest BCUT2D eigenvalue weighted by atomic mass is 10.3. The Morgan fingerprint density at radius 3 is 2.62 bits per heavy atom. The van der Waals surface area contributed by atoms with Crippen LogP contribution in [0.1, 0.15) is 0 Å². The highest BCUT2D eigenvalue weighted by Gasteiger charge is 2.24. The lowest BCUT2D eigenvalue weighted by Crippen LogP contribution is -2.16. The quantitative estimate of drug-likeness (QED) is 0.774. The molecule has 6 nitrogen and oxygen atoms in total. The van der Waals surface area contributed by atoms with E-state index in [-0.39, 0.29) is 16.5 Å². The highest BCUT2D eigenvalue weighted by Crippen LogP contribution is 2.26. The first kappa shape index (κ1) is 13.7. The standard InChI is InChI=1S/C13H11ClN4O2S/c14-9-5-1-2-6-10(9)17-21(19,20)13-12(15)16-11-7-3-4-8-18(11)13/h1-8,17H,15H2. The molecule has 8 heteroatoms. The van der Waals surface area contributed by atoms with Gasteiger partial charge in [-0.2, -0.15) is 8.42 Å². The normalized spacial score (nSPS) is 11.7. The van der Waals surface area contributed by atoms with Gasteiger partial charge in [-0.3, -0.25) is 9.12 Å². The zero-order valence-electron chi connectivity index (χ0n) is 10.7. The Labute approximate surface area is 126 Å². The van der Waals surface area contributed by atoms with Gasteiger partial charge in [-0.05, 0) is 24.3 Å². The fourth-order valence-electron chi connectivity index (χ4n) is 2.00. The summed E-state index contributed by atoms with van der Waals surface area (Å²) < 4.78 is 28.9. The number of nitrogens with one attached hydrogen (secondary N) is 1. The molecule has 1 aromatic carbocycles. The van der Waals surface area contributed by atoms with E-state index >= 15 is 0 Å². The summed E-state index contributed by atoms with van der Waals surface area (Å²) >= 11 is 5.97. The summed E-state index contributed by atoms with van der Waals surface area (Å²) in [6, 6.07) is 11.7. The maximum atomic E-state index is 12.5. The molecule has 2 aromatic heterocycles. The summed E-state index contributed by atoms with van der Waals surface area (Å²) in [5.41, 5.74) is 6.48. The minimum absolute atomic E-state index is 0.0687. The van der Waals surface area contributed by atoms with Gasteiger partial charge in [0.1, 0.15) is 5.65 Å². The van der Waals surface area contributed by atoms with Crippen molar-refractivity contribution in [3.8, 4) is 0 Å². The molecule has 0 aliphatic heterocycles.